The van der Waals surface area contributed by atoms with E-state index in [4.69, 9.17) is 9.47 Å². The molecule has 4 aliphatic rings. The summed E-state index contributed by atoms with van der Waals surface area (Å²) in [6, 6.07) is 8.65. The van der Waals surface area contributed by atoms with E-state index in [0.29, 0.717) is 25.7 Å². The number of hydrogen-bond acceptors (Lipinski definition) is 6. The molecule has 1 amide bonds. The lowest BCUT2D eigenvalue weighted by Crippen LogP contribution is -2.46. The largest absolute Gasteiger partial charge is 0.448 e. The highest BCUT2D eigenvalue weighted by molar-refractivity contribution is 6.01. The zero-order valence-corrected chi connectivity index (χ0v) is 14.4. The van der Waals surface area contributed by atoms with Gasteiger partial charge in [-0.2, -0.15) is 4.99 Å². The average molecular weight is 358 g/mol. The van der Waals surface area contributed by atoms with Crippen LogP contribution in [-0.4, -0.2) is 57.9 Å². The van der Waals surface area contributed by atoms with E-state index in [1.165, 1.54) is 11.1 Å². The number of rotatable bonds is 0. The Balaban J connectivity index is 1.30. The second kappa shape index (κ2) is 5.52. The molecular weight excluding hydrogens is 336 g/mol. The van der Waals surface area contributed by atoms with Crippen molar-refractivity contribution < 1.29 is 24.5 Å². The Morgan fingerprint density at radius 2 is 1.77 bits per heavy atom. The molecule has 1 saturated heterocycles. The molecule has 0 bridgehead atoms. The number of carbonyl (C=O) groups excluding carboxylic acids is 1. The summed E-state index contributed by atoms with van der Waals surface area (Å²) in [5.74, 6) is -0.397. The monoisotopic (exact) mass is 358 g/mol. The smallest absolute Gasteiger partial charge is 0.296 e. The Labute approximate surface area is 151 Å². The summed E-state index contributed by atoms with van der Waals surface area (Å²) in [7, 11) is 0. The Morgan fingerprint density at radius 1 is 1.08 bits per heavy atom. The first-order valence-electron chi connectivity index (χ1n) is 9.17. The van der Waals surface area contributed by atoms with Crippen LogP contribution in [0.4, 0.5) is 0 Å². The molecule has 2 fully saturated rings. The molecule has 0 radical (unpaired) electrons. The van der Waals surface area contributed by atoms with Crippen LogP contribution < -0.4 is 0 Å². The first-order chi connectivity index (χ1) is 12.5. The van der Waals surface area contributed by atoms with E-state index in [-0.39, 0.29) is 18.4 Å². The summed E-state index contributed by atoms with van der Waals surface area (Å²) >= 11 is 0. The number of amides is 1. The predicted octanol–water partition coefficient (Wildman–Crippen LogP) is 0.675. The van der Waals surface area contributed by atoms with Gasteiger partial charge in [-0.1, -0.05) is 24.3 Å². The van der Waals surface area contributed by atoms with E-state index in [1.807, 2.05) is 17.0 Å². The molecule has 2 unspecified atom stereocenters. The van der Waals surface area contributed by atoms with Crippen molar-refractivity contribution in [2.45, 2.75) is 55.7 Å². The van der Waals surface area contributed by atoms with Gasteiger partial charge in [0.1, 0.15) is 0 Å². The molecule has 7 heteroatoms. The number of hydrogen-bond donors (Lipinski definition) is 2. The van der Waals surface area contributed by atoms with E-state index in [2.05, 4.69) is 17.1 Å². The van der Waals surface area contributed by atoms with Crippen molar-refractivity contribution in [1.29, 1.82) is 0 Å². The number of fused-ring (bicyclic) bond motifs is 2. The average Bonchev–Trinajstić information content (AvgIpc) is 3.25. The molecular formula is C19H22N2O5. The molecule has 3 aliphatic heterocycles. The summed E-state index contributed by atoms with van der Waals surface area (Å²) in [6.07, 6.45) is -0.0942. The topological polar surface area (TPSA) is 91.6 Å². The minimum atomic E-state index is -1.19. The quantitative estimate of drug-likeness (QED) is 0.709. The molecule has 5 rings (SSSR count). The number of nitrogens with zero attached hydrogens (tertiary/aromatic N) is 2. The predicted molar refractivity (Wildman–Crippen MR) is 91.2 cm³/mol. The first-order valence-corrected chi connectivity index (χ1v) is 9.17. The lowest BCUT2D eigenvalue weighted by Gasteiger charge is -2.39. The van der Waals surface area contributed by atoms with Crippen molar-refractivity contribution >= 4 is 11.9 Å². The Hall–Kier alpha value is -1.96. The third-order valence-corrected chi connectivity index (χ3v) is 6.25. The number of likely N-dealkylation sites (tertiary alicyclic amines) is 1. The van der Waals surface area contributed by atoms with Gasteiger partial charge < -0.3 is 24.6 Å². The maximum Gasteiger partial charge on any atom is 0.296 e. The SMILES string of the molecule is O=C1N=C(N2CCC3(CC2)OCc2ccccc23)OC12CC(O)C(O)C2. The van der Waals surface area contributed by atoms with Crippen molar-refractivity contribution in [2.24, 2.45) is 4.99 Å². The van der Waals surface area contributed by atoms with Crippen LogP contribution in [-0.2, 0) is 26.5 Å². The fourth-order valence-corrected chi connectivity index (χ4v) is 4.71. The molecule has 1 saturated carbocycles. The standard InChI is InChI=1S/C19H22N2O5/c22-14-9-19(10-15(14)23)16(24)20-17(26-19)21-7-5-18(6-8-21)13-4-2-1-3-12(13)11-25-18/h1-4,14-15,22-23H,5-11H2. The van der Waals surface area contributed by atoms with Crippen LogP contribution >= 0.6 is 0 Å². The van der Waals surface area contributed by atoms with Crippen LogP contribution in [0, 0.1) is 0 Å². The number of aliphatic hydroxyl groups is 2. The minimum absolute atomic E-state index is 0.0915. The fraction of sp³-hybridized carbons (Fsp3) is 0.579. The molecule has 3 heterocycles. The van der Waals surface area contributed by atoms with E-state index >= 15 is 0 Å². The van der Waals surface area contributed by atoms with Crippen LogP contribution in [0.2, 0.25) is 0 Å². The van der Waals surface area contributed by atoms with Crippen LogP contribution in [0.3, 0.4) is 0 Å². The molecule has 7 nitrogen and oxygen atoms in total. The maximum atomic E-state index is 12.4. The third kappa shape index (κ3) is 2.24. The van der Waals surface area contributed by atoms with Gasteiger partial charge in [0.2, 0.25) is 0 Å². The highest BCUT2D eigenvalue weighted by atomic mass is 16.5. The van der Waals surface area contributed by atoms with E-state index < -0.39 is 23.7 Å². The number of piperidine rings is 1. The molecule has 1 aliphatic carbocycles. The summed E-state index contributed by atoms with van der Waals surface area (Å²) in [5.41, 5.74) is 1.06. The van der Waals surface area contributed by atoms with Crippen molar-refractivity contribution in [1.82, 2.24) is 4.90 Å². The molecule has 1 aromatic rings. The summed E-state index contributed by atoms with van der Waals surface area (Å²) in [5, 5.41) is 19.6. The second-order valence-corrected chi connectivity index (χ2v) is 7.77. The Morgan fingerprint density at radius 3 is 2.50 bits per heavy atom. The summed E-state index contributed by atoms with van der Waals surface area (Å²) < 4.78 is 12.1. The van der Waals surface area contributed by atoms with Gasteiger partial charge in [-0.15, -0.1) is 0 Å². The normalized spacial score (nSPS) is 35.1. The number of amidine groups is 1. The summed E-state index contributed by atoms with van der Waals surface area (Å²) in [4.78, 5) is 18.4. The van der Waals surface area contributed by atoms with Gasteiger partial charge in [-0.3, -0.25) is 4.79 Å². The molecule has 1 aromatic carbocycles. The van der Waals surface area contributed by atoms with Crippen LogP contribution in [0.25, 0.3) is 0 Å². The van der Waals surface area contributed by atoms with E-state index in [1.54, 1.807) is 0 Å². The third-order valence-electron chi connectivity index (χ3n) is 6.25. The Kier molecular flexibility index (Phi) is 3.44. The second-order valence-electron chi connectivity index (χ2n) is 7.77. The highest BCUT2D eigenvalue weighted by Gasteiger charge is 2.56. The van der Waals surface area contributed by atoms with Gasteiger partial charge in [-0.25, -0.2) is 0 Å². The highest BCUT2D eigenvalue weighted by Crippen LogP contribution is 2.45. The van der Waals surface area contributed by atoms with Crippen molar-refractivity contribution in [3.8, 4) is 0 Å². The van der Waals surface area contributed by atoms with Gasteiger partial charge in [0, 0.05) is 25.9 Å². The molecule has 2 N–H and O–H groups in total. The zero-order valence-electron chi connectivity index (χ0n) is 14.4. The number of benzene rings is 1. The van der Waals surface area contributed by atoms with Crippen LogP contribution in [0.15, 0.2) is 29.3 Å². The van der Waals surface area contributed by atoms with Crippen molar-refractivity contribution in [3.63, 3.8) is 0 Å². The molecule has 2 spiro atoms. The number of ether oxygens (including phenoxy) is 2. The number of aliphatic imine (C=N–C) groups is 1. The van der Waals surface area contributed by atoms with E-state index in [9.17, 15) is 15.0 Å². The molecule has 138 valence electrons. The number of aliphatic hydroxyl groups excluding tert-OH is 2. The molecule has 26 heavy (non-hydrogen) atoms. The van der Waals surface area contributed by atoms with E-state index in [0.717, 1.165) is 12.8 Å². The van der Waals surface area contributed by atoms with Gasteiger partial charge in [0.25, 0.3) is 11.9 Å². The molecule has 2 atom stereocenters. The van der Waals surface area contributed by atoms with Crippen LogP contribution in [0.5, 0.6) is 0 Å². The zero-order chi connectivity index (χ0) is 17.9. The van der Waals surface area contributed by atoms with Crippen LogP contribution in [0.1, 0.15) is 36.8 Å². The first kappa shape index (κ1) is 16.2. The number of carbonyl (C=O) groups is 1. The fourth-order valence-electron chi connectivity index (χ4n) is 4.71. The minimum Gasteiger partial charge on any atom is -0.448 e. The van der Waals surface area contributed by atoms with Gasteiger partial charge in [-0.05, 0) is 24.0 Å². The summed E-state index contributed by atoms with van der Waals surface area (Å²) in [6.45, 7) is 2.01. The lowest BCUT2D eigenvalue weighted by molar-refractivity contribution is -0.131. The van der Waals surface area contributed by atoms with Gasteiger partial charge in [0.15, 0.2) is 5.60 Å². The van der Waals surface area contributed by atoms with Crippen molar-refractivity contribution in [2.75, 3.05) is 13.1 Å². The lowest BCUT2D eigenvalue weighted by atomic mass is 9.84. The Bertz CT molecular complexity index is 774. The maximum absolute atomic E-state index is 12.4. The van der Waals surface area contributed by atoms with Gasteiger partial charge in [0.05, 0.1) is 24.4 Å². The molecule has 0 aromatic heterocycles. The van der Waals surface area contributed by atoms with Gasteiger partial charge >= 0.3 is 0 Å². The van der Waals surface area contributed by atoms with Crippen molar-refractivity contribution in [3.05, 3.63) is 35.4 Å².